The molecule has 14 heavy (non-hydrogen) atoms. The van der Waals surface area contributed by atoms with Gasteiger partial charge in [0.1, 0.15) is 0 Å². The molecule has 0 aromatic carbocycles. The van der Waals surface area contributed by atoms with Crippen molar-refractivity contribution in [1.29, 1.82) is 0 Å². The molecule has 1 aromatic heterocycles. The molecule has 0 aliphatic heterocycles. The fraction of sp³-hybridized carbons (Fsp3) is 0.375. The molecule has 6 heteroatoms. The van der Waals surface area contributed by atoms with Gasteiger partial charge in [-0.1, -0.05) is 0 Å². The highest BCUT2D eigenvalue weighted by Gasteiger charge is 2.00. The number of aryl methyl sites for hydroxylation is 1. The van der Waals surface area contributed by atoms with Crippen LogP contribution in [0.1, 0.15) is 6.42 Å². The van der Waals surface area contributed by atoms with Crippen LogP contribution in [0.5, 0.6) is 0 Å². The zero-order valence-electron chi connectivity index (χ0n) is 7.65. The average Bonchev–Trinajstić information content (AvgIpc) is 2.16. The summed E-state index contributed by atoms with van der Waals surface area (Å²) in [5.74, 6) is -0.307. The Morgan fingerprint density at radius 3 is 3.00 bits per heavy atom. The van der Waals surface area contributed by atoms with Crippen LogP contribution < -0.4 is 5.56 Å². The first-order valence-electron chi connectivity index (χ1n) is 4.00. The number of hydrogen-bond donors (Lipinski definition) is 1. The van der Waals surface area contributed by atoms with Crippen molar-refractivity contribution in [2.75, 3.05) is 7.11 Å². The first kappa shape index (κ1) is 10.6. The number of ether oxygens (including phenoxy) is 1. The minimum Gasteiger partial charge on any atom is -0.469 e. The van der Waals surface area contributed by atoms with E-state index in [9.17, 15) is 9.59 Å². The first-order chi connectivity index (χ1) is 6.63. The Bertz CT molecular complexity index is 435. The maximum atomic E-state index is 10.8. The monoisotopic (exact) mass is 214 g/mol. The van der Waals surface area contributed by atoms with E-state index in [0.717, 1.165) is 0 Å². The second-order valence-corrected chi connectivity index (χ2v) is 3.02. The molecule has 0 saturated carbocycles. The third-order valence-corrected chi connectivity index (χ3v) is 2.02. The van der Waals surface area contributed by atoms with Gasteiger partial charge in [-0.05, 0) is 12.2 Å². The van der Waals surface area contributed by atoms with Crippen LogP contribution >= 0.6 is 12.2 Å². The average molecular weight is 214 g/mol. The number of aromatic amines is 1. The molecule has 0 aliphatic rings. The molecule has 0 spiro atoms. The third kappa shape index (κ3) is 2.81. The minimum absolute atomic E-state index is 0.233. The van der Waals surface area contributed by atoms with E-state index in [4.69, 9.17) is 12.2 Å². The van der Waals surface area contributed by atoms with Crippen molar-refractivity contribution in [2.45, 2.75) is 13.0 Å². The van der Waals surface area contributed by atoms with Gasteiger partial charge in [0.2, 0.25) is 0 Å². The van der Waals surface area contributed by atoms with Crippen molar-refractivity contribution in [1.82, 2.24) is 9.55 Å². The topological polar surface area (TPSA) is 64.1 Å². The maximum absolute atomic E-state index is 10.8. The van der Waals surface area contributed by atoms with Gasteiger partial charge in [0.15, 0.2) is 4.77 Å². The number of rotatable bonds is 3. The summed E-state index contributed by atoms with van der Waals surface area (Å²) < 4.78 is 6.39. The van der Waals surface area contributed by atoms with Crippen LogP contribution in [0.2, 0.25) is 0 Å². The number of esters is 1. The number of carbonyl (C=O) groups is 1. The van der Waals surface area contributed by atoms with E-state index < -0.39 is 0 Å². The Labute approximate surface area is 85.3 Å². The molecular weight excluding hydrogens is 204 g/mol. The van der Waals surface area contributed by atoms with Crippen LogP contribution in [0.3, 0.4) is 0 Å². The Hall–Kier alpha value is -1.43. The lowest BCUT2D eigenvalue weighted by Gasteiger charge is -2.03. The smallest absolute Gasteiger partial charge is 0.307 e. The van der Waals surface area contributed by atoms with Gasteiger partial charge in [0, 0.05) is 18.8 Å². The van der Waals surface area contributed by atoms with Gasteiger partial charge in [0.25, 0.3) is 5.56 Å². The van der Waals surface area contributed by atoms with Gasteiger partial charge in [-0.3, -0.25) is 14.6 Å². The van der Waals surface area contributed by atoms with Crippen LogP contribution in [0.25, 0.3) is 0 Å². The van der Waals surface area contributed by atoms with E-state index >= 15 is 0 Å². The Morgan fingerprint density at radius 2 is 2.43 bits per heavy atom. The molecular formula is C8H10N2O3S. The summed E-state index contributed by atoms with van der Waals surface area (Å²) >= 11 is 4.88. The Kier molecular flexibility index (Phi) is 3.58. The summed E-state index contributed by atoms with van der Waals surface area (Å²) in [6.07, 6.45) is 1.78. The maximum Gasteiger partial charge on any atom is 0.307 e. The summed E-state index contributed by atoms with van der Waals surface area (Å²) in [4.78, 5) is 24.1. The lowest BCUT2D eigenvalue weighted by Crippen LogP contribution is -2.13. The quantitative estimate of drug-likeness (QED) is 0.586. The van der Waals surface area contributed by atoms with Gasteiger partial charge < -0.3 is 9.30 Å². The largest absolute Gasteiger partial charge is 0.469 e. The molecule has 0 bridgehead atoms. The number of nitrogens with one attached hydrogen (secondary N) is 1. The van der Waals surface area contributed by atoms with Crippen molar-refractivity contribution in [3.8, 4) is 0 Å². The number of nitrogens with zero attached hydrogens (tertiary/aromatic N) is 1. The SMILES string of the molecule is COC(=O)CCn1ccc(=O)[nH]c1=S. The van der Waals surface area contributed by atoms with Crippen LogP contribution in [-0.4, -0.2) is 22.6 Å². The molecule has 0 radical (unpaired) electrons. The fourth-order valence-corrected chi connectivity index (χ4v) is 1.19. The van der Waals surface area contributed by atoms with Crippen LogP contribution in [0, 0.1) is 4.77 Å². The molecule has 0 fully saturated rings. The van der Waals surface area contributed by atoms with Crippen molar-refractivity contribution < 1.29 is 9.53 Å². The number of hydrogen-bond acceptors (Lipinski definition) is 4. The lowest BCUT2D eigenvalue weighted by molar-refractivity contribution is -0.140. The van der Waals surface area contributed by atoms with E-state index in [1.165, 1.54) is 13.2 Å². The van der Waals surface area contributed by atoms with E-state index in [1.54, 1.807) is 10.8 Å². The minimum atomic E-state index is -0.307. The summed E-state index contributed by atoms with van der Waals surface area (Å²) in [6.45, 7) is 0.405. The van der Waals surface area contributed by atoms with E-state index in [-0.39, 0.29) is 17.9 Å². The van der Waals surface area contributed by atoms with Gasteiger partial charge >= 0.3 is 5.97 Å². The zero-order valence-corrected chi connectivity index (χ0v) is 8.47. The summed E-state index contributed by atoms with van der Waals surface area (Å²) in [6, 6.07) is 1.35. The third-order valence-electron chi connectivity index (χ3n) is 1.68. The normalized spacial score (nSPS) is 9.79. The van der Waals surface area contributed by atoms with Gasteiger partial charge in [0.05, 0.1) is 13.5 Å². The number of H-pyrrole nitrogens is 1. The van der Waals surface area contributed by atoms with Crippen molar-refractivity contribution >= 4 is 18.2 Å². The molecule has 5 nitrogen and oxygen atoms in total. The first-order valence-corrected chi connectivity index (χ1v) is 4.41. The predicted molar refractivity (Wildman–Crippen MR) is 52.5 cm³/mol. The van der Waals surface area contributed by atoms with Crippen LogP contribution in [-0.2, 0) is 16.1 Å². The summed E-state index contributed by atoms with van der Waals surface area (Å²) in [7, 11) is 1.33. The van der Waals surface area contributed by atoms with E-state index in [0.29, 0.717) is 11.3 Å². The van der Waals surface area contributed by atoms with Crippen LogP contribution in [0.15, 0.2) is 17.1 Å². The predicted octanol–water partition coefficient (Wildman–Crippen LogP) is 0.469. The molecule has 1 N–H and O–H groups in total. The molecule has 0 amide bonds. The highest BCUT2D eigenvalue weighted by Crippen LogP contribution is 1.92. The molecule has 1 heterocycles. The van der Waals surface area contributed by atoms with Gasteiger partial charge in [-0.25, -0.2) is 0 Å². The molecule has 76 valence electrons. The highest BCUT2D eigenvalue weighted by molar-refractivity contribution is 7.71. The Morgan fingerprint density at radius 1 is 1.71 bits per heavy atom. The van der Waals surface area contributed by atoms with E-state index in [1.807, 2.05) is 0 Å². The summed E-state index contributed by atoms with van der Waals surface area (Å²) in [5.41, 5.74) is -0.246. The second kappa shape index (κ2) is 4.71. The molecule has 0 saturated heterocycles. The molecule has 1 rings (SSSR count). The van der Waals surface area contributed by atoms with Gasteiger partial charge in [-0.2, -0.15) is 0 Å². The highest BCUT2D eigenvalue weighted by atomic mass is 32.1. The van der Waals surface area contributed by atoms with Crippen LogP contribution in [0.4, 0.5) is 0 Å². The van der Waals surface area contributed by atoms with Crippen molar-refractivity contribution in [2.24, 2.45) is 0 Å². The number of methoxy groups -OCH3 is 1. The molecule has 0 unspecified atom stereocenters. The molecule has 0 aliphatic carbocycles. The van der Waals surface area contributed by atoms with Crippen molar-refractivity contribution in [3.63, 3.8) is 0 Å². The number of aromatic nitrogens is 2. The van der Waals surface area contributed by atoms with Crippen molar-refractivity contribution in [3.05, 3.63) is 27.4 Å². The fourth-order valence-electron chi connectivity index (χ4n) is 0.934. The standard InChI is InChI=1S/C8H10N2O3S/c1-13-7(12)3-5-10-4-2-6(11)9-8(10)14/h2,4H,3,5H2,1H3,(H,9,11,14). The lowest BCUT2D eigenvalue weighted by atomic mass is 10.4. The zero-order chi connectivity index (χ0) is 10.6. The number of carbonyl (C=O) groups excluding carboxylic acids is 1. The van der Waals surface area contributed by atoms with Gasteiger partial charge in [-0.15, -0.1) is 0 Å². The molecule has 0 atom stereocenters. The van der Waals surface area contributed by atoms with E-state index in [2.05, 4.69) is 9.72 Å². The second-order valence-electron chi connectivity index (χ2n) is 2.63. The Balaban J connectivity index is 2.73. The summed E-state index contributed by atoms with van der Waals surface area (Å²) in [5, 5.41) is 0. The molecule has 1 aromatic rings.